The molecule has 5 nitrogen and oxygen atoms in total. The van der Waals surface area contributed by atoms with Gasteiger partial charge in [0.25, 0.3) is 0 Å². The summed E-state index contributed by atoms with van der Waals surface area (Å²) in [6.45, 7) is 5.66. The van der Waals surface area contributed by atoms with Crippen LogP contribution in [0.4, 0.5) is 5.13 Å². The molecule has 1 unspecified atom stereocenters. The molecule has 1 saturated carbocycles. The second kappa shape index (κ2) is 7.14. The third kappa shape index (κ3) is 3.85. The Kier molecular flexibility index (Phi) is 4.72. The summed E-state index contributed by atoms with van der Waals surface area (Å²) in [6, 6.07) is 10.8. The first-order valence-electron chi connectivity index (χ1n) is 9.01. The van der Waals surface area contributed by atoms with Crippen LogP contribution in [0.5, 0.6) is 0 Å². The van der Waals surface area contributed by atoms with E-state index in [1.165, 1.54) is 10.4 Å². The number of benzene rings is 1. The number of rotatable bonds is 5. The minimum absolute atomic E-state index is 0.0427. The normalized spacial score (nSPS) is 19.6. The standard InChI is InChI=1S/C19H24N4OS/c1-14(18(24)21-16-7-8-16)22-9-11-23(12-10-22)19-20-13-17(25-19)15-5-3-2-4-6-15/h2-6,13-14,16H,7-12H2,1H3,(H,21,24). The molecule has 1 aromatic heterocycles. The first-order chi connectivity index (χ1) is 12.2. The van der Waals surface area contributed by atoms with E-state index in [1.54, 1.807) is 11.3 Å². The minimum Gasteiger partial charge on any atom is -0.352 e. The van der Waals surface area contributed by atoms with Crippen LogP contribution in [-0.4, -0.2) is 54.1 Å². The smallest absolute Gasteiger partial charge is 0.237 e. The van der Waals surface area contributed by atoms with E-state index in [0.29, 0.717) is 6.04 Å². The molecule has 4 rings (SSSR count). The van der Waals surface area contributed by atoms with Gasteiger partial charge in [0, 0.05) is 38.4 Å². The van der Waals surface area contributed by atoms with Crippen LogP contribution >= 0.6 is 11.3 Å². The molecular formula is C19H24N4OS. The monoisotopic (exact) mass is 356 g/mol. The Morgan fingerprint density at radius 3 is 2.60 bits per heavy atom. The lowest BCUT2D eigenvalue weighted by atomic mass is 10.2. The van der Waals surface area contributed by atoms with Crippen LogP contribution in [0.15, 0.2) is 36.5 Å². The van der Waals surface area contributed by atoms with E-state index in [0.717, 1.165) is 44.2 Å². The fourth-order valence-electron chi connectivity index (χ4n) is 3.16. The summed E-state index contributed by atoms with van der Waals surface area (Å²) in [4.78, 5) is 22.7. The Bertz CT molecular complexity index is 720. The van der Waals surface area contributed by atoms with E-state index in [2.05, 4.69) is 44.4 Å². The molecule has 2 heterocycles. The zero-order valence-electron chi connectivity index (χ0n) is 14.5. The highest BCUT2D eigenvalue weighted by molar-refractivity contribution is 7.18. The van der Waals surface area contributed by atoms with Gasteiger partial charge in [-0.1, -0.05) is 41.7 Å². The lowest BCUT2D eigenvalue weighted by Gasteiger charge is -2.37. The van der Waals surface area contributed by atoms with E-state index in [1.807, 2.05) is 19.2 Å². The van der Waals surface area contributed by atoms with Crippen LogP contribution in [-0.2, 0) is 4.79 Å². The van der Waals surface area contributed by atoms with E-state index in [-0.39, 0.29) is 11.9 Å². The average molecular weight is 356 g/mol. The number of aromatic nitrogens is 1. The molecule has 0 radical (unpaired) electrons. The van der Waals surface area contributed by atoms with Crippen LogP contribution < -0.4 is 10.2 Å². The van der Waals surface area contributed by atoms with Gasteiger partial charge in [-0.15, -0.1) is 0 Å². The van der Waals surface area contributed by atoms with E-state index in [9.17, 15) is 4.79 Å². The molecule has 0 bridgehead atoms. The van der Waals surface area contributed by atoms with Gasteiger partial charge in [0.05, 0.1) is 10.9 Å². The summed E-state index contributed by atoms with van der Waals surface area (Å²) in [7, 11) is 0. The van der Waals surface area contributed by atoms with Gasteiger partial charge in [-0.05, 0) is 25.3 Å². The second-order valence-corrected chi connectivity index (χ2v) is 7.86. The van der Waals surface area contributed by atoms with Gasteiger partial charge in [-0.2, -0.15) is 0 Å². The van der Waals surface area contributed by atoms with Crippen LogP contribution in [0.1, 0.15) is 19.8 Å². The molecule has 1 saturated heterocycles. The molecule has 1 aromatic carbocycles. The maximum atomic E-state index is 12.2. The van der Waals surface area contributed by atoms with Crippen LogP contribution in [0, 0.1) is 0 Å². The third-order valence-electron chi connectivity index (χ3n) is 4.99. The van der Waals surface area contributed by atoms with Gasteiger partial charge in [-0.25, -0.2) is 4.98 Å². The zero-order chi connectivity index (χ0) is 17.2. The average Bonchev–Trinajstić information content (AvgIpc) is 3.34. The molecule has 1 aliphatic carbocycles. The topological polar surface area (TPSA) is 48.5 Å². The summed E-state index contributed by atoms with van der Waals surface area (Å²) in [6.07, 6.45) is 4.24. The van der Waals surface area contributed by atoms with Crippen molar-refractivity contribution in [2.24, 2.45) is 0 Å². The minimum atomic E-state index is -0.0427. The molecule has 1 atom stereocenters. The van der Waals surface area contributed by atoms with Gasteiger partial charge in [0.1, 0.15) is 0 Å². The third-order valence-corrected chi connectivity index (χ3v) is 6.09. The number of carbonyl (C=O) groups excluding carboxylic acids is 1. The van der Waals surface area contributed by atoms with E-state index in [4.69, 9.17) is 0 Å². The van der Waals surface area contributed by atoms with Crippen molar-refractivity contribution in [1.82, 2.24) is 15.2 Å². The second-order valence-electron chi connectivity index (χ2n) is 6.85. The molecule has 0 spiro atoms. The van der Waals surface area contributed by atoms with Crippen molar-refractivity contribution < 1.29 is 4.79 Å². The Balaban J connectivity index is 1.34. The SMILES string of the molecule is CC(C(=O)NC1CC1)N1CCN(c2ncc(-c3ccccc3)s2)CC1. The lowest BCUT2D eigenvalue weighted by molar-refractivity contribution is -0.126. The summed E-state index contributed by atoms with van der Waals surface area (Å²) in [5.74, 6) is 0.177. The molecule has 1 aliphatic heterocycles. The lowest BCUT2D eigenvalue weighted by Crippen LogP contribution is -2.54. The maximum Gasteiger partial charge on any atom is 0.237 e. The Labute approximate surface area is 152 Å². The van der Waals surface area contributed by atoms with Crippen LogP contribution in [0.2, 0.25) is 0 Å². The molecule has 2 aromatic rings. The van der Waals surface area contributed by atoms with Crippen molar-refractivity contribution >= 4 is 22.4 Å². The van der Waals surface area contributed by atoms with Crippen molar-refractivity contribution in [3.63, 3.8) is 0 Å². The van der Waals surface area contributed by atoms with E-state index < -0.39 is 0 Å². The number of carbonyl (C=O) groups is 1. The van der Waals surface area contributed by atoms with Crippen LogP contribution in [0.3, 0.4) is 0 Å². The summed E-state index contributed by atoms with van der Waals surface area (Å²) in [5, 5.41) is 4.19. The summed E-state index contributed by atoms with van der Waals surface area (Å²) >= 11 is 1.74. The summed E-state index contributed by atoms with van der Waals surface area (Å²) < 4.78 is 0. The Morgan fingerprint density at radius 2 is 1.92 bits per heavy atom. The molecule has 132 valence electrons. The van der Waals surface area contributed by atoms with Crippen molar-refractivity contribution in [2.75, 3.05) is 31.1 Å². The fourth-order valence-corrected chi connectivity index (χ4v) is 4.14. The van der Waals surface area contributed by atoms with Gasteiger partial charge < -0.3 is 10.2 Å². The molecule has 6 heteroatoms. The quantitative estimate of drug-likeness (QED) is 0.895. The first-order valence-corrected chi connectivity index (χ1v) is 9.83. The first kappa shape index (κ1) is 16.5. The molecule has 1 N–H and O–H groups in total. The van der Waals surface area contributed by atoms with Crippen molar-refractivity contribution in [2.45, 2.75) is 31.8 Å². The highest BCUT2D eigenvalue weighted by Crippen LogP contribution is 2.31. The van der Waals surface area contributed by atoms with Gasteiger partial charge >= 0.3 is 0 Å². The number of anilines is 1. The Hall–Kier alpha value is -1.92. The number of nitrogens with one attached hydrogen (secondary N) is 1. The molecule has 1 amide bonds. The predicted molar refractivity (Wildman–Crippen MR) is 102 cm³/mol. The van der Waals surface area contributed by atoms with Gasteiger partial charge in [0.2, 0.25) is 5.91 Å². The molecule has 2 aliphatic rings. The number of piperazine rings is 1. The van der Waals surface area contributed by atoms with Gasteiger partial charge in [-0.3, -0.25) is 9.69 Å². The van der Waals surface area contributed by atoms with Crippen LogP contribution in [0.25, 0.3) is 10.4 Å². The molecule has 2 fully saturated rings. The van der Waals surface area contributed by atoms with Crippen molar-refractivity contribution in [3.8, 4) is 10.4 Å². The fraction of sp³-hybridized carbons (Fsp3) is 0.474. The number of amides is 1. The Morgan fingerprint density at radius 1 is 1.20 bits per heavy atom. The molecule has 25 heavy (non-hydrogen) atoms. The number of thiazole rings is 1. The van der Waals surface area contributed by atoms with E-state index >= 15 is 0 Å². The van der Waals surface area contributed by atoms with Crippen molar-refractivity contribution in [3.05, 3.63) is 36.5 Å². The number of nitrogens with zero attached hydrogens (tertiary/aromatic N) is 3. The number of hydrogen-bond donors (Lipinski definition) is 1. The zero-order valence-corrected chi connectivity index (χ0v) is 15.3. The maximum absolute atomic E-state index is 12.2. The van der Waals surface area contributed by atoms with Crippen molar-refractivity contribution in [1.29, 1.82) is 0 Å². The largest absolute Gasteiger partial charge is 0.352 e. The predicted octanol–water partition coefficient (Wildman–Crippen LogP) is 2.60. The number of hydrogen-bond acceptors (Lipinski definition) is 5. The highest BCUT2D eigenvalue weighted by atomic mass is 32.1. The molecular weight excluding hydrogens is 332 g/mol. The highest BCUT2D eigenvalue weighted by Gasteiger charge is 2.30. The van der Waals surface area contributed by atoms with Gasteiger partial charge in [0.15, 0.2) is 5.13 Å². The summed E-state index contributed by atoms with van der Waals surface area (Å²) in [5.41, 5.74) is 1.22.